The smallest absolute Gasteiger partial charge is 0.150 e. The van der Waals surface area contributed by atoms with E-state index >= 15 is 0 Å². The van der Waals surface area contributed by atoms with Gasteiger partial charge in [0.05, 0.1) is 5.02 Å². The summed E-state index contributed by atoms with van der Waals surface area (Å²) in [6, 6.07) is 1.93. The number of thiophene rings is 1. The monoisotopic (exact) mass is 247 g/mol. The van der Waals surface area contributed by atoms with Crippen LogP contribution in [0.25, 0.3) is 0 Å². The first-order valence-corrected chi connectivity index (χ1v) is 6.73. The van der Waals surface area contributed by atoms with E-state index in [0.717, 1.165) is 15.1 Å². The van der Waals surface area contributed by atoms with E-state index < -0.39 is 0 Å². The molecule has 2 heterocycles. The van der Waals surface area contributed by atoms with Gasteiger partial charge in [-0.05, 0) is 11.4 Å². The molecule has 0 aliphatic carbocycles. The lowest BCUT2D eigenvalue weighted by Gasteiger charge is -1.94. The molecule has 0 saturated carbocycles. The Balaban J connectivity index is 1.97. The van der Waals surface area contributed by atoms with E-state index in [9.17, 15) is 0 Å². The van der Waals surface area contributed by atoms with Crippen molar-refractivity contribution in [1.82, 2.24) is 4.98 Å². The molecule has 13 heavy (non-hydrogen) atoms. The quantitative estimate of drug-likeness (QED) is 0.756. The first-order valence-electron chi connectivity index (χ1n) is 3.60. The number of nitrogens with zero attached hydrogens (tertiary/aromatic N) is 1. The largest absolute Gasteiger partial charge is 0.238 e. The second-order valence-corrected chi connectivity index (χ2v) is 5.80. The fraction of sp³-hybridized carbons (Fsp3) is 0.125. The van der Waals surface area contributed by atoms with Crippen LogP contribution in [0.3, 0.4) is 0 Å². The Morgan fingerprint density at radius 3 is 2.92 bits per heavy atom. The molecule has 0 N–H and O–H groups in total. The van der Waals surface area contributed by atoms with Crippen molar-refractivity contribution in [2.24, 2.45) is 0 Å². The molecule has 0 radical (unpaired) electrons. The van der Waals surface area contributed by atoms with E-state index in [1.165, 1.54) is 4.88 Å². The van der Waals surface area contributed by atoms with Crippen molar-refractivity contribution in [3.63, 3.8) is 0 Å². The van der Waals surface area contributed by atoms with Crippen LogP contribution in [0.2, 0.25) is 5.02 Å². The SMILES string of the molecule is Clc1ccsc1CSc1nccs1. The van der Waals surface area contributed by atoms with Crippen molar-refractivity contribution in [3.8, 4) is 0 Å². The van der Waals surface area contributed by atoms with Gasteiger partial charge in [0.2, 0.25) is 0 Å². The number of thioether (sulfide) groups is 1. The first kappa shape index (κ1) is 9.52. The number of thiazole rings is 1. The van der Waals surface area contributed by atoms with Crippen molar-refractivity contribution in [2.75, 3.05) is 0 Å². The summed E-state index contributed by atoms with van der Waals surface area (Å²) in [7, 11) is 0. The minimum atomic E-state index is 0.869. The Kier molecular flexibility index (Phi) is 3.27. The van der Waals surface area contributed by atoms with Gasteiger partial charge >= 0.3 is 0 Å². The zero-order valence-electron chi connectivity index (χ0n) is 6.57. The van der Waals surface area contributed by atoms with E-state index in [-0.39, 0.29) is 0 Å². The van der Waals surface area contributed by atoms with Crippen LogP contribution < -0.4 is 0 Å². The van der Waals surface area contributed by atoms with Gasteiger partial charge in [0.25, 0.3) is 0 Å². The van der Waals surface area contributed by atoms with E-state index in [4.69, 9.17) is 11.6 Å². The topological polar surface area (TPSA) is 12.9 Å². The molecule has 1 nitrogen and oxygen atoms in total. The van der Waals surface area contributed by atoms with E-state index in [1.807, 2.05) is 23.0 Å². The van der Waals surface area contributed by atoms with Gasteiger partial charge in [-0.2, -0.15) is 0 Å². The normalized spacial score (nSPS) is 10.5. The highest BCUT2D eigenvalue weighted by Crippen LogP contribution is 2.30. The highest BCUT2D eigenvalue weighted by Gasteiger charge is 2.03. The van der Waals surface area contributed by atoms with Gasteiger partial charge in [-0.1, -0.05) is 23.4 Å². The number of hydrogen-bond donors (Lipinski definition) is 0. The fourth-order valence-corrected chi connectivity index (χ4v) is 3.77. The van der Waals surface area contributed by atoms with Crippen molar-refractivity contribution in [2.45, 2.75) is 10.1 Å². The van der Waals surface area contributed by atoms with Gasteiger partial charge < -0.3 is 0 Å². The molecule has 0 unspecified atom stereocenters. The summed E-state index contributed by atoms with van der Waals surface area (Å²) in [6.45, 7) is 0. The second kappa shape index (κ2) is 4.46. The van der Waals surface area contributed by atoms with Crippen molar-refractivity contribution >= 4 is 46.0 Å². The van der Waals surface area contributed by atoms with Crippen LogP contribution in [0.4, 0.5) is 0 Å². The second-order valence-electron chi connectivity index (χ2n) is 2.28. The summed E-state index contributed by atoms with van der Waals surface area (Å²) in [6.07, 6.45) is 1.82. The fourth-order valence-electron chi connectivity index (χ4n) is 0.837. The Bertz CT molecular complexity index is 368. The van der Waals surface area contributed by atoms with Gasteiger partial charge in [0, 0.05) is 22.2 Å². The van der Waals surface area contributed by atoms with E-state index in [0.29, 0.717) is 0 Å². The number of aromatic nitrogens is 1. The molecule has 0 bridgehead atoms. The molecule has 0 aliphatic rings. The maximum absolute atomic E-state index is 5.96. The molecule has 0 atom stereocenters. The Morgan fingerprint density at radius 2 is 2.31 bits per heavy atom. The maximum atomic E-state index is 5.96. The van der Waals surface area contributed by atoms with Crippen molar-refractivity contribution in [1.29, 1.82) is 0 Å². The summed E-state index contributed by atoms with van der Waals surface area (Å²) >= 11 is 11.1. The minimum absolute atomic E-state index is 0.869. The number of rotatable bonds is 3. The third-order valence-electron chi connectivity index (χ3n) is 1.43. The molecule has 0 fully saturated rings. The Hall–Kier alpha value is -0.0300. The molecule has 2 aromatic rings. The predicted octanol–water partition coefficient (Wildman–Crippen LogP) is 4.15. The highest BCUT2D eigenvalue weighted by atomic mass is 35.5. The molecule has 0 spiro atoms. The molecule has 2 rings (SSSR count). The molecule has 0 saturated heterocycles. The Morgan fingerprint density at radius 1 is 1.38 bits per heavy atom. The van der Waals surface area contributed by atoms with Crippen LogP contribution in [0, 0.1) is 0 Å². The van der Waals surface area contributed by atoms with Gasteiger partial charge in [-0.15, -0.1) is 22.7 Å². The van der Waals surface area contributed by atoms with Crippen molar-refractivity contribution < 1.29 is 0 Å². The van der Waals surface area contributed by atoms with Crippen LogP contribution in [0.1, 0.15) is 4.88 Å². The molecule has 5 heteroatoms. The molecule has 0 aliphatic heterocycles. The van der Waals surface area contributed by atoms with E-state index in [1.54, 1.807) is 34.4 Å². The molecular weight excluding hydrogens is 242 g/mol. The summed E-state index contributed by atoms with van der Waals surface area (Å²) in [5.41, 5.74) is 0. The van der Waals surface area contributed by atoms with Crippen LogP contribution in [0.5, 0.6) is 0 Å². The third-order valence-corrected chi connectivity index (χ3v) is 4.99. The highest BCUT2D eigenvalue weighted by molar-refractivity contribution is 8.00. The average molecular weight is 248 g/mol. The molecule has 0 aromatic carbocycles. The lowest BCUT2D eigenvalue weighted by molar-refractivity contribution is 1.25. The molecule has 68 valence electrons. The van der Waals surface area contributed by atoms with Gasteiger partial charge in [0.1, 0.15) is 4.34 Å². The third kappa shape index (κ3) is 2.47. The number of halogens is 1. The average Bonchev–Trinajstić information content (AvgIpc) is 2.72. The zero-order chi connectivity index (χ0) is 9.10. The zero-order valence-corrected chi connectivity index (χ0v) is 9.77. The minimum Gasteiger partial charge on any atom is -0.238 e. The standard InChI is InChI=1S/C8H6ClNS3/c9-6-1-3-11-7(6)5-13-8-10-2-4-12-8/h1-4H,5H2. The van der Waals surface area contributed by atoms with Crippen LogP contribution in [-0.4, -0.2) is 4.98 Å². The van der Waals surface area contributed by atoms with Gasteiger partial charge in [-0.25, -0.2) is 4.98 Å². The molecular formula is C8H6ClNS3. The lowest BCUT2D eigenvalue weighted by Crippen LogP contribution is -1.73. The summed E-state index contributed by atoms with van der Waals surface area (Å²) in [5.74, 6) is 0.921. The first-order chi connectivity index (χ1) is 6.36. The summed E-state index contributed by atoms with van der Waals surface area (Å²) < 4.78 is 1.10. The molecule has 2 aromatic heterocycles. The number of hydrogen-bond acceptors (Lipinski definition) is 4. The lowest BCUT2D eigenvalue weighted by atomic mass is 10.5. The predicted molar refractivity (Wildman–Crippen MR) is 61.0 cm³/mol. The van der Waals surface area contributed by atoms with Crippen LogP contribution >= 0.6 is 46.0 Å². The van der Waals surface area contributed by atoms with Crippen LogP contribution in [0.15, 0.2) is 27.4 Å². The maximum Gasteiger partial charge on any atom is 0.150 e. The van der Waals surface area contributed by atoms with Gasteiger partial charge in [-0.3, -0.25) is 0 Å². The summed E-state index contributed by atoms with van der Waals surface area (Å²) in [4.78, 5) is 5.41. The van der Waals surface area contributed by atoms with Crippen molar-refractivity contribution in [3.05, 3.63) is 32.9 Å². The van der Waals surface area contributed by atoms with Crippen LogP contribution in [-0.2, 0) is 5.75 Å². The van der Waals surface area contributed by atoms with Gasteiger partial charge in [0.15, 0.2) is 0 Å². The molecule has 0 amide bonds. The summed E-state index contributed by atoms with van der Waals surface area (Å²) in [5, 5.41) is 4.87. The Labute approximate surface area is 93.8 Å². The van der Waals surface area contributed by atoms with E-state index in [2.05, 4.69) is 4.98 Å².